The van der Waals surface area contributed by atoms with Crippen molar-refractivity contribution in [2.24, 2.45) is 17.8 Å². The second-order valence-corrected chi connectivity index (χ2v) is 7.73. The Morgan fingerprint density at radius 1 is 0.917 bits per heavy atom. The highest BCUT2D eigenvalue weighted by Crippen LogP contribution is 2.43. The first-order valence-corrected chi connectivity index (χ1v) is 9.77. The molecule has 4 unspecified atom stereocenters. The molecule has 0 radical (unpaired) electrons. The molecule has 2 aliphatic heterocycles. The molecular weight excluding hydrogens is 308 g/mol. The molecule has 3 rings (SSSR count). The molecule has 3 aliphatic rings. The average Bonchev–Trinajstić information content (AvgIpc) is 3.28. The third-order valence-corrected chi connectivity index (χ3v) is 5.97. The summed E-state index contributed by atoms with van der Waals surface area (Å²) in [5, 5.41) is 8.64. The fraction of sp³-hybridized carbons (Fsp3) is 0.947. The summed E-state index contributed by atoms with van der Waals surface area (Å²) < 4.78 is 18.0. The Kier molecular flexibility index (Phi) is 6.93. The molecule has 2 bridgehead atoms. The van der Waals surface area contributed by atoms with Gasteiger partial charge in [-0.25, -0.2) is 0 Å². The smallest absolute Gasteiger partial charge is 0.303 e. The van der Waals surface area contributed by atoms with Crippen molar-refractivity contribution >= 4 is 5.97 Å². The van der Waals surface area contributed by atoms with Crippen LogP contribution >= 0.6 is 0 Å². The number of rotatable bonds is 11. The molecule has 0 amide bonds. The van der Waals surface area contributed by atoms with Gasteiger partial charge in [0.2, 0.25) is 0 Å². The summed E-state index contributed by atoms with van der Waals surface area (Å²) in [5.74, 6) is 0.973. The lowest BCUT2D eigenvalue weighted by Crippen LogP contribution is -2.34. The molecule has 1 N–H and O–H groups in total. The van der Waals surface area contributed by atoms with Crippen molar-refractivity contribution in [3.63, 3.8) is 0 Å². The number of fused-ring (bicyclic) bond motifs is 2. The molecule has 5 nitrogen and oxygen atoms in total. The minimum Gasteiger partial charge on any atom is -0.481 e. The van der Waals surface area contributed by atoms with Crippen LogP contribution in [0.25, 0.3) is 0 Å². The van der Waals surface area contributed by atoms with Crippen molar-refractivity contribution in [3.8, 4) is 0 Å². The summed E-state index contributed by atoms with van der Waals surface area (Å²) >= 11 is 0. The number of carbonyl (C=O) groups is 1. The van der Waals surface area contributed by atoms with E-state index in [2.05, 4.69) is 0 Å². The van der Waals surface area contributed by atoms with Crippen molar-refractivity contribution in [2.45, 2.75) is 70.0 Å². The first kappa shape index (κ1) is 18.2. The van der Waals surface area contributed by atoms with E-state index in [1.54, 1.807) is 0 Å². The summed E-state index contributed by atoms with van der Waals surface area (Å²) in [6, 6.07) is 0. The minimum atomic E-state index is -0.726. The molecule has 0 spiro atoms. The monoisotopic (exact) mass is 340 g/mol. The molecule has 4 atom stereocenters. The molecule has 2 saturated heterocycles. The van der Waals surface area contributed by atoms with Gasteiger partial charge in [0, 0.05) is 31.5 Å². The standard InChI is InChI=1S/C19H32O5/c20-19(21)7-3-4-10-22-12-15-16(18-9-8-17(15)24-18)13-23-11-14-5-1-2-6-14/h14-18H,1-13H2,(H,20,21). The van der Waals surface area contributed by atoms with E-state index >= 15 is 0 Å². The van der Waals surface area contributed by atoms with Crippen LogP contribution in [0.15, 0.2) is 0 Å². The summed E-state index contributed by atoms with van der Waals surface area (Å²) in [6.07, 6.45) is 10.1. The van der Waals surface area contributed by atoms with Crippen molar-refractivity contribution in [3.05, 3.63) is 0 Å². The number of ether oxygens (including phenoxy) is 3. The molecule has 5 heteroatoms. The maximum Gasteiger partial charge on any atom is 0.303 e. The molecule has 0 aromatic rings. The van der Waals surface area contributed by atoms with Crippen molar-refractivity contribution in [2.75, 3.05) is 26.4 Å². The predicted octanol–water partition coefficient (Wildman–Crippen LogP) is 3.26. The van der Waals surface area contributed by atoms with Crippen LogP contribution in [0.2, 0.25) is 0 Å². The third-order valence-electron chi connectivity index (χ3n) is 5.97. The lowest BCUT2D eigenvalue weighted by molar-refractivity contribution is -0.137. The van der Waals surface area contributed by atoms with Crippen LogP contribution in [0, 0.1) is 17.8 Å². The number of carboxylic acids is 1. The number of hydrogen-bond acceptors (Lipinski definition) is 4. The second-order valence-electron chi connectivity index (χ2n) is 7.73. The van der Waals surface area contributed by atoms with Gasteiger partial charge < -0.3 is 19.3 Å². The van der Waals surface area contributed by atoms with Gasteiger partial charge in [0.05, 0.1) is 25.4 Å². The van der Waals surface area contributed by atoms with Gasteiger partial charge in [-0.2, -0.15) is 0 Å². The highest BCUT2D eigenvalue weighted by molar-refractivity contribution is 5.66. The zero-order valence-corrected chi connectivity index (χ0v) is 14.7. The molecule has 3 fully saturated rings. The molecule has 138 valence electrons. The number of unbranched alkanes of at least 4 members (excludes halogenated alkanes) is 1. The number of aliphatic carboxylic acids is 1. The molecule has 0 aromatic carbocycles. The molecule has 0 aromatic heterocycles. The van der Waals surface area contributed by atoms with Gasteiger partial charge >= 0.3 is 5.97 Å². The maximum absolute atomic E-state index is 10.5. The first-order valence-electron chi connectivity index (χ1n) is 9.77. The van der Waals surface area contributed by atoms with E-state index in [0.29, 0.717) is 37.1 Å². The van der Waals surface area contributed by atoms with Crippen molar-refractivity contribution in [1.29, 1.82) is 0 Å². The van der Waals surface area contributed by atoms with Crippen LogP contribution in [0.5, 0.6) is 0 Å². The van der Waals surface area contributed by atoms with E-state index in [1.807, 2.05) is 0 Å². The quantitative estimate of drug-likeness (QED) is 0.585. The van der Waals surface area contributed by atoms with Crippen molar-refractivity contribution in [1.82, 2.24) is 0 Å². The maximum atomic E-state index is 10.5. The highest BCUT2D eigenvalue weighted by Gasteiger charge is 2.48. The van der Waals surface area contributed by atoms with E-state index in [4.69, 9.17) is 19.3 Å². The summed E-state index contributed by atoms with van der Waals surface area (Å²) in [5.41, 5.74) is 0. The Morgan fingerprint density at radius 3 is 2.25 bits per heavy atom. The molecule has 1 aliphatic carbocycles. The lowest BCUT2D eigenvalue weighted by atomic mass is 9.80. The summed E-state index contributed by atoms with van der Waals surface area (Å²) in [4.78, 5) is 10.5. The fourth-order valence-electron chi connectivity index (χ4n) is 4.58. The predicted molar refractivity (Wildman–Crippen MR) is 90.0 cm³/mol. The average molecular weight is 340 g/mol. The SMILES string of the molecule is O=C(O)CCCCOCC1C2CCC(O2)C1COCC1CCCC1. The van der Waals surface area contributed by atoms with E-state index < -0.39 is 5.97 Å². The molecule has 24 heavy (non-hydrogen) atoms. The summed E-state index contributed by atoms with van der Waals surface area (Å²) in [7, 11) is 0. The lowest BCUT2D eigenvalue weighted by Gasteiger charge is -2.28. The van der Waals surface area contributed by atoms with Gasteiger partial charge in [0.25, 0.3) is 0 Å². The van der Waals surface area contributed by atoms with Gasteiger partial charge in [-0.15, -0.1) is 0 Å². The Labute approximate surface area is 145 Å². The largest absolute Gasteiger partial charge is 0.481 e. The van der Waals surface area contributed by atoms with Gasteiger partial charge in [0.1, 0.15) is 0 Å². The Balaban J connectivity index is 1.34. The fourth-order valence-corrected chi connectivity index (χ4v) is 4.58. The van der Waals surface area contributed by atoms with Gasteiger partial charge in [-0.05, 0) is 44.4 Å². The number of carboxylic acid groups (broad SMARTS) is 1. The molecule has 2 heterocycles. The van der Waals surface area contributed by atoms with Crippen LogP contribution in [0.4, 0.5) is 0 Å². The third kappa shape index (κ3) is 4.93. The van der Waals surface area contributed by atoms with E-state index in [-0.39, 0.29) is 6.42 Å². The van der Waals surface area contributed by atoms with E-state index in [1.165, 1.54) is 25.7 Å². The van der Waals surface area contributed by atoms with E-state index in [0.717, 1.165) is 45.0 Å². The second kappa shape index (κ2) is 9.16. The van der Waals surface area contributed by atoms with Gasteiger partial charge in [-0.3, -0.25) is 4.79 Å². The van der Waals surface area contributed by atoms with Crippen LogP contribution in [0.1, 0.15) is 57.8 Å². The Morgan fingerprint density at radius 2 is 1.58 bits per heavy atom. The highest BCUT2D eigenvalue weighted by atomic mass is 16.5. The van der Waals surface area contributed by atoms with Crippen LogP contribution in [-0.2, 0) is 19.0 Å². The topological polar surface area (TPSA) is 65.0 Å². The van der Waals surface area contributed by atoms with Gasteiger partial charge in [-0.1, -0.05) is 12.8 Å². The summed E-state index contributed by atoms with van der Waals surface area (Å²) in [6.45, 7) is 3.10. The number of hydrogen-bond donors (Lipinski definition) is 1. The zero-order chi connectivity index (χ0) is 16.8. The minimum absolute atomic E-state index is 0.234. The zero-order valence-electron chi connectivity index (χ0n) is 14.7. The Hall–Kier alpha value is -0.650. The van der Waals surface area contributed by atoms with Crippen LogP contribution in [-0.4, -0.2) is 49.7 Å². The first-order chi connectivity index (χ1) is 11.7. The van der Waals surface area contributed by atoms with E-state index in [9.17, 15) is 4.79 Å². The molecule has 1 saturated carbocycles. The van der Waals surface area contributed by atoms with Gasteiger partial charge in [0.15, 0.2) is 0 Å². The van der Waals surface area contributed by atoms with Crippen LogP contribution in [0.3, 0.4) is 0 Å². The normalized spacial score (nSPS) is 32.7. The Bertz CT molecular complexity index is 393. The van der Waals surface area contributed by atoms with Crippen molar-refractivity contribution < 1.29 is 24.1 Å². The molecular formula is C19H32O5. The van der Waals surface area contributed by atoms with Crippen LogP contribution < -0.4 is 0 Å².